The van der Waals surface area contributed by atoms with E-state index in [9.17, 15) is 14.7 Å². The number of Topliss-reactive ketones (excluding diaryl/α,β-unsaturated/α-hetero) is 1. The van der Waals surface area contributed by atoms with Crippen molar-refractivity contribution in [1.82, 2.24) is 20.2 Å². The van der Waals surface area contributed by atoms with Crippen LogP contribution in [0.5, 0.6) is 0 Å². The lowest BCUT2D eigenvalue weighted by Crippen LogP contribution is -2.31. The van der Waals surface area contributed by atoms with Crippen LogP contribution in [0.2, 0.25) is 0 Å². The fraction of sp³-hybridized carbons (Fsp3) is 0.133. The van der Waals surface area contributed by atoms with E-state index in [-0.39, 0.29) is 16.5 Å². The van der Waals surface area contributed by atoms with Crippen molar-refractivity contribution in [2.75, 3.05) is 4.90 Å². The van der Waals surface area contributed by atoms with Crippen LogP contribution in [0.25, 0.3) is 0 Å². The highest BCUT2D eigenvalue weighted by atomic mass is 32.1. The molecule has 1 aliphatic heterocycles. The highest BCUT2D eigenvalue weighted by Gasteiger charge is 2.47. The van der Waals surface area contributed by atoms with Gasteiger partial charge in [0.2, 0.25) is 10.9 Å². The summed E-state index contributed by atoms with van der Waals surface area (Å²) in [5.74, 6) is -1.37. The molecule has 3 aromatic rings. The second-order valence-corrected chi connectivity index (χ2v) is 6.12. The summed E-state index contributed by atoms with van der Waals surface area (Å²) >= 11 is 1.12. The van der Waals surface area contributed by atoms with Crippen molar-refractivity contribution in [2.24, 2.45) is 0 Å². The lowest BCUT2D eigenvalue weighted by Gasteiger charge is -2.21. The van der Waals surface area contributed by atoms with E-state index >= 15 is 0 Å². The minimum Gasteiger partial charge on any atom is -0.503 e. The number of carbonyl (C=O) groups is 2. The first kappa shape index (κ1) is 15.3. The number of furan rings is 1. The molecular weight excluding hydrogens is 346 g/mol. The third-order valence-electron chi connectivity index (χ3n) is 3.79. The van der Waals surface area contributed by atoms with Crippen LogP contribution < -0.4 is 4.90 Å². The Labute approximate surface area is 144 Å². The zero-order valence-electron chi connectivity index (χ0n) is 12.8. The molecule has 126 valence electrons. The van der Waals surface area contributed by atoms with E-state index in [2.05, 4.69) is 20.2 Å². The van der Waals surface area contributed by atoms with Crippen molar-refractivity contribution >= 4 is 28.2 Å². The predicted octanol–water partition coefficient (Wildman–Crippen LogP) is 1.95. The molecule has 0 saturated carbocycles. The van der Waals surface area contributed by atoms with E-state index in [1.807, 2.05) is 0 Å². The summed E-state index contributed by atoms with van der Waals surface area (Å²) in [5, 5.41) is 18.2. The summed E-state index contributed by atoms with van der Waals surface area (Å²) in [6, 6.07) is 2.23. The average Bonchev–Trinajstić information content (AvgIpc) is 3.36. The maximum absolute atomic E-state index is 12.9. The average molecular weight is 357 g/mol. The van der Waals surface area contributed by atoms with Crippen LogP contribution in [0.3, 0.4) is 0 Å². The van der Waals surface area contributed by atoms with Crippen molar-refractivity contribution in [2.45, 2.75) is 13.0 Å². The molecule has 0 spiro atoms. The van der Waals surface area contributed by atoms with Gasteiger partial charge < -0.3 is 14.5 Å². The Morgan fingerprint density at radius 1 is 1.44 bits per heavy atom. The first-order valence-electron chi connectivity index (χ1n) is 7.20. The Hall–Kier alpha value is -3.27. The topological polar surface area (TPSA) is 125 Å². The second-order valence-electron chi connectivity index (χ2n) is 5.31. The van der Waals surface area contributed by atoms with Crippen LogP contribution in [0.1, 0.15) is 28.1 Å². The smallest absolute Gasteiger partial charge is 0.296 e. The summed E-state index contributed by atoms with van der Waals surface area (Å²) in [5.41, 5.74) is 1.82. The van der Waals surface area contributed by atoms with Gasteiger partial charge in [-0.05, 0) is 19.1 Å². The number of hydrogen-bond donors (Lipinski definition) is 2. The van der Waals surface area contributed by atoms with Crippen molar-refractivity contribution in [3.8, 4) is 0 Å². The molecule has 1 aliphatic rings. The molecule has 4 heterocycles. The number of aryl methyl sites for hydroxylation is 1. The first-order chi connectivity index (χ1) is 12.1. The number of nitrogens with one attached hydrogen (secondary N) is 1. The number of imidazole rings is 1. The zero-order chi connectivity index (χ0) is 17.6. The van der Waals surface area contributed by atoms with Gasteiger partial charge in [-0.2, -0.15) is 0 Å². The fourth-order valence-corrected chi connectivity index (χ4v) is 3.29. The zero-order valence-corrected chi connectivity index (χ0v) is 13.6. The molecule has 3 aromatic heterocycles. The van der Waals surface area contributed by atoms with Gasteiger partial charge in [0, 0.05) is 0 Å². The Bertz CT molecular complexity index is 974. The molecule has 0 bridgehead atoms. The normalized spacial score (nSPS) is 17.6. The number of aliphatic hydroxyl groups is 1. The van der Waals surface area contributed by atoms with E-state index < -0.39 is 23.5 Å². The number of aromatic amines is 1. The van der Waals surface area contributed by atoms with Gasteiger partial charge in [0.25, 0.3) is 5.91 Å². The number of hydrogen-bond acceptors (Lipinski definition) is 8. The molecule has 9 nitrogen and oxygen atoms in total. The lowest BCUT2D eigenvalue weighted by atomic mass is 10.00. The summed E-state index contributed by atoms with van der Waals surface area (Å²) < 4.78 is 5.36. The maximum atomic E-state index is 12.9. The number of ketones is 1. The first-order valence-corrected chi connectivity index (χ1v) is 8.08. The molecule has 0 fully saturated rings. The largest absolute Gasteiger partial charge is 0.503 e. The molecule has 1 unspecified atom stereocenters. The van der Waals surface area contributed by atoms with Crippen LogP contribution in [0.15, 0.2) is 45.9 Å². The maximum Gasteiger partial charge on any atom is 0.296 e. The molecule has 0 saturated heterocycles. The molecule has 1 amide bonds. The quantitative estimate of drug-likeness (QED) is 0.684. The highest BCUT2D eigenvalue weighted by molar-refractivity contribution is 7.13. The van der Waals surface area contributed by atoms with Crippen molar-refractivity contribution in [1.29, 1.82) is 0 Å². The number of H-pyrrole nitrogens is 1. The monoisotopic (exact) mass is 357 g/mol. The third kappa shape index (κ3) is 2.34. The van der Waals surface area contributed by atoms with Gasteiger partial charge in [0.1, 0.15) is 17.3 Å². The van der Waals surface area contributed by atoms with Crippen molar-refractivity contribution in [3.63, 3.8) is 0 Å². The standard InChI is InChI=1S/C15H11N5O4S/c1-7-2-3-9(24-7)12(21)10-11(8-4-16-5-17-8)20(14(23)13(10)22)15-19-18-6-25-15/h2-6,11,22H,1H3,(H,16,17). The summed E-state index contributed by atoms with van der Waals surface area (Å²) in [4.78, 5) is 33.5. The van der Waals surface area contributed by atoms with Gasteiger partial charge in [-0.15, -0.1) is 10.2 Å². The summed E-state index contributed by atoms with van der Waals surface area (Å²) in [6.45, 7) is 1.70. The molecule has 0 radical (unpaired) electrons. The number of carbonyl (C=O) groups excluding carboxylic acids is 2. The van der Waals surface area contributed by atoms with Gasteiger partial charge in [-0.1, -0.05) is 11.3 Å². The van der Waals surface area contributed by atoms with E-state index in [0.29, 0.717) is 11.5 Å². The Kier molecular flexibility index (Phi) is 3.46. The number of amides is 1. The molecule has 4 rings (SSSR count). The highest BCUT2D eigenvalue weighted by Crippen LogP contribution is 2.41. The van der Waals surface area contributed by atoms with Crippen molar-refractivity contribution < 1.29 is 19.1 Å². The van der Waals surface area contributed by atoms with E-state index in [4.69, 9.17) is 4.42 Å². The number of anilines is 1. The Balaban J connectivity index is 1.85. The lowest BCUT2D eigenvalue weighted by molar-refractivity contribution is -0.117. The van der Waals surface area contributed by atoms with Crippen LogP contribution >= 0.6 is 11.3 Å². The predicted molar refractivity (Wildman–Crippen MR) is 86.2 cm³/mol. The molecule has 2 N–H and O–H groups in total. The van der Waals surface area contributed by atoms with Gasteiger partial charge in [0.15, 0.2) is 11.5 Å². The van der Waals surface area contributed by atoms with Crippen LogP contribution in [0.4, 0.5) is 5.13 Å². The molecule has 1 atom stereocenters. The van der Waals surface area contributed by atoms with Gasteiger partial charge >= 0.3 is 0 Å². The number of aliphatic hydroxyl groups excluding tert-OH is 1. The van der Waals surface area contributed by atoms with Gasteiger partial charge in [-0.3, -0.25) is 14.5 Å². The molecule has 10 heteroatoms. The minimum atomic E-state index is -0.902. The fourth-order valence-electron chi connectivity index (χ4n) is 2.71. The second kappa shape index (κ2) is 5.67. The van der Waals surface area contributed by atoms with Gasteiger partial charge in [-0.25, -0.2) is 4.98 Å². The van der Waals surface area contributed by atoms with Gasteiger partial charge in [0.05, 0.1) is 23.8 Å². The number of aromatic nitrogens is 4. The van der Waals surface area contributed by atoms with E-state index in [1.165, 1.54) is 29.0 Å². The van der Waals surface area contributed by atoms with E-state index in [0.717, 1.165) is 11.3 Å². The Morgan fingerprint density at radius 2 is 2.28 bits per heavy atom. The Morgan fingerprint density at radius 3 is 2.88 bits per heavy atom. The third-order valence-corrected chi connectivity index (χ3v) is 4.47. The molecular formula is C15H11N5O4S. The molecule has 25 heavy (non-hydrogen) atoms. The summed E-state index contributed by atoms with van der Waals surface area (Å²) in [7, 11) is 0. The minimum absolute atomic E-state index is 0.0375. The van der Waals surface area contributed by atoms with Crippen LogP contribution in [-0.2, 0) is 4.79 Å². The number of rotatable bonds is 4. The molecule has 0 aliphatic carbocycles. The SMILES string of the molecule is Cc1ccc(C(=O)C2=C(O)C(=O)N(c3nncs3)C2c2cnc[nH]2)o1. The molecule has 0 aromatic carbocycles. The van der Waals surface area contributed by atoms with Crippen LogP contribution in [0, 0.1) is 6.92 Å². The van der Waals surface area contributed by atoms with Crippen LogP contribution in [-0.4, -0.2) is 37.0 Å². The van der Waals surface area contributed by atoms with E-state index in [1.54, 1.807) is 13.0 Å². The summed E-state index contributed by atoms with van der Waals surface area (Å²) in [6.07, 6.45) is 2.90. The van der Waals surface area contributed by atoms with Crippen molar-refractivity contribution in [3.05, 3.63) is 58.7 Å². The number of nitrogens with zero attached hydrogens (tertiary/aromatic N) is 4.